The lowest BCUT2D eigenvalue weighted by molar-refractivity contribution is 0.362. The van der Waals surface area contributed by atoms with Gasteiger partial charge in [-0.2, -0.15) is 0 Å². The third-order valence-corrected chi connectivity index (χ3v) is 4.58. The van der Waals surface area contributed by atoms with E-state index >= 15 is 0 Å². The molecule has 0 amide bonds. The minimum Gasteiger partial charge on any atom is -0.508 e. The first kappa shape index (κ1) is 15.6. The zero-order valence-corrected chi connectivity index (χ0v) is 12.4. The normalized spacial score (nSPS) is 12.3. The highest BCUT2D eigenvalue weighted by Crippen LogP contribution is 2.46. The molecule has 0 aliphatic heterocycles. The van der Waals surface area contributed by atoms with Crippen LogP contribution in [0.5, 0.6) is 11.5 Å². The van der Waals surface area contributed by atoms with Crippen LogP contribution >= 0.6 is 7.60 Å². The Morgan fingerprint density at radius 3 is 1.48 bits per heavy atom. The van der Waals surface area contributed by atoms with E-state index in [9.17, 15) is 24.6 Å². The van der Waals surface area contributed by atoms with E-state index < -0.39 is 13.0 Å². The fraction of sp³-hybridized carbons (Fsp3) is 0.200. The number of hydrogen-bond acceptors (Lipinski definition) is 3. The average Bonchev–Trinajstić information content (AvgIpc) is 2.38. The van der Waals surface area contributed by atoms with Crippen LogP contribution in [0.3, 0.4) is 0 Å². The van der Waals surface area contributed by atoms with Gasteiger partial charge in [0.1, 0.15) is 11.5 Å². The van der Waals surface area contributed by atoms with Gasteiger partial charge in [-0.15, -0.1) is 0 Å². The minimum atomic E-state index is -4.27. The first-order valence-electron chi connectivity index (χ1n) is 6.34. The summed E-state index contributed by atoms with van der Waals surface area (Å²) in [5, 5.41) is 18.8. The maximum absolute atomic E-state index is 11.5. The number of phenolic OH excluding ortho intramolecular Hbond substituents is 2. The molecule has 0 saturated heterocycles. The Hall–Kier alpha value is -1.81. The van der Waals surface area contributed by atoms with Crippen molar-refractivity contribution in [3.8, 4) is 11.5 Å². The molecule has 0 atom stereocenters. The Bertz CT molecular complexity index is 612. The second-order valence-electron chi connectivity index (χ2n) is 5.25. The van der Waals surface area contributed by atoms with Crippen molar-refractivity contribution in [3.05, 3.63) is 59.7 Å². The standard InChI is InChI=1S/C15H17O5P/c1-15(10-21(18,19)20,11-2-6-13(16)7-3-11)12-4-8-14(17)9-5-12/h2-9,16-17H,10H2,1H3,(H2,18,19,20). The summed E-state index contributed by atoms with van der Waals surface area (Å²) < 4.78 is 11.5. The molecule has 0 bridgehead atoms. The zero-order chi connectivity index (χ0) is 15.7. The Morgan fingerprint density at radius 2 is 1.19 bits per heavy atom. The van der Waals surface area contributed by atoms with Gasteiger partial charge in [0, 0.05) is 5.41 Å². The number of aromatic hydroxyl groups is 2. The van der Waals surface area contributed by atoms with Crippen molar-refractivity contribution in [1.82, 2.24) is 0 Å². The molecule has 2 rings (SSSR count). The van der Waals surface area contributed by atoms with Crippen molar-refractivity contribution in [3.63, 3.8) is 0 Å². The van der Waals surface area contributed by atoms with Gasteiger partial charge < -0.3 is 20.0 Å². The Labute approximate surface area is 122 Å². The lowest BCUT2D eigenvalue weighted by atomic mass is 9.78. The maximum Gasteiger partial charge on any atom is 0.326 e. The van der Waals surface area contributed by atoms with E-state index in [1.165, 1.54) is 24.3 Å². The van der Waals surface area contributed by atoms with Crippen LogP contribution in [0, 0.1) is 0 Å². The minimum absolute atomic E-state index is 0.0861. The molecule has 0 radical (unpaired) electrons. The Kier molecular flexibility index (Phi) is 4.10. The van der Waals surface area contributed by atoms with Gasteiger partial charge in [0.25, 0.3) is 0 Å². The topological polar surface area (TPSA) is 98.0 Å². The average molecular weight is 308 g/mol. The molecule has 112 valence electrons. The first-order valence-corrected chi connectivity index (χ1v) is 8.14. The number of benzene rings is 2. The fourth-order valence-electron chi connectivity index (χ4n) is 2.42. The summed E-state index contributed by atoms with van der Waals surface area (Å²) in [7, 11) is -4.27. The van der Waals surface area contributed by atoms with E-state index in [2.05, 4.69) is 0 Å². The van der Waals surface area contributed by atoms with Crippen LogP contribution < -0.4 is 0 Å². The van der Waals surface area contributed by atoms with Gasteiger partial charge in [0.15, 0.2) is 0 Å². The summed E-state index contributed by atoms with van der Waals surface area (Å²) in [6.07, 6.45) is -0.366. The van der Waals surface area contributed by atoms with E-state index in [-0.39, 0.29) is 17.7 Å². The second kappa shape index (κ2) is 5.53. The molecule has 0 spiro atoms. The lowest BCUT2D eigenvalue weighted by Crippen LogP contribution is -2.28. The van der Waals surface area contributed by atoms with Crippen molar-refractivity contribution in [2.75, 3.05) is 6.16 Å². The summed E-state index contributed by atoms with van der Waals surface area (Å²) in [5.74, 6) is 0.172. The molecule has 4 N–H and O–H groups in total. The summed E-state index contributed by atoms with van der Waals surface area (Å²) >= 11 is 0. The highest BCUT2D eigenvalue weighted by atomic mass is 31.2. The monoisotopic (exact) mass is 308 g/mol. The Morgan fingerprint density at radius 1 is 0.857 bits per heavy atom. The molecule has 0 unspecified atom stereocenters. The largest absolute Gasteiger partial charge is 0.508 e. The zero-order valence-electron chi connectivity index (χ0n) is 11.5. The third-order valence-electron chi connectivity index (χ3n) is 3.53. The van der Waals surface area contributed by atoms with E-state index in [0.29, 0.717) is 11.1 Å². The lowest BCUT2D eigenvalue weighted by Gasteiger charge is -2.31. The summed E-state index contributed by atoms with van der Waals surface area (Å²) in [6, 6.07) is 12.5. The number of phenols is 2. The number of rotatable bonds is 4. The van der Waals surface area contributed by atoms with Gasteiger partial charge >= 0.3 is 7.60 Å². The molecule has 2 aromatic carbocycles. The first-order chi connectivity index (χ1) is 9.71. The van der Waals surface area contributed by atoms with Crippen LogP contribution in [0.2, 0.25) is 0 Å². The molecule has 0 fully saturated rings. The second-order valence-corrected chi connectivity index (χ2v) is 6.89. The van der Waals surface area contributed by atoms with Crippen molar-refractivity contribution in [2.24, 2.45) is 0 Å². The molecule has 0 heterocycles. The highest BCUT2D eigenvalue weighted by molar-refractivity contribution is 7.51. The van der Waals surface area contributed by atoms with E-state index in [1.54, 1.807) is 31.2 Å². The van der Waals surface area contributed by atoms with Crippen molar-refractivity contribution < 1.29 is 24.6 Å². The van der Waals surface area contributed by atoms with Crippen LogP contribution in [0.4, 0.5) is 0 Å². The molecule has 0 aliphatic rings. The van der Waals surface area contributed by atoms with Crippen LogP contribution in [0.1, 0.15) is 18.1 Å². The predicted octanol–water partition coefficient (Wildman–Crippen LogP) is 2.58. The SMILES string of the molecule is CC(CP(=O)(O)O)(c1ccc(O)cc1)c1ccc(O)cc1. The summed E-state index contributed by atoms with van der Waals surface area (Å²) in [5.41, 5.74) is 0.420. The van der Waals surface area contributed by atoms with Crippen molar-refractivity contribution in [1.29, 1.82) is 0 Å². The highest BCUT2D eigenvalue weighted by Gasteiger charge is 2.36. The van der Waals surface area contributed by atoms with Gasteiger partial charge in [-0.05, 0) is 35.4 Å². The molecular formula is C15H17O5P. The van der Waals surface area contributed by atoms with Crippen LogP contribution in [0.15, 0.2) is 48.5 Å². The molecule has 5 nitrogen and oxygen atoms in total. The van der Waals surface area contributed by atoms with E-state index in [1.807, 2.05) is 0 Å². The maximum atomic E-state index is 11.5. The Balaban J connectivity index is 2.55. The van der Waals surface area contributed by atoms with Gasteiger partial charge in [0.2, 0.25) is 0 Å². The molecule has 21 heavy (non-hydrogen) atoms. The van der Waals surface area contributed by atoms with Crippen LogP contribution in [0.25, 0.3) is 0 Å². The quantitative estimate of drug-likeness (QED) is 0.651. The third kappa shape index (κ3) is 3.64. The summed E-state index contributed by atoms with van der Waals surface area (Å²) in [4.78, 5) is 18.8. The molecule has 0 saturated carbocycles. The van der Waals surface area contributed by atoms with Gasteiger partial charge in [-0.3, -0.25) is 4.57 Å². The smallest absolute Gasteiger partial charge is 0.326 e. The molecule has 2 aromatic rings. The van der Waals surface area contributed by atoms with E-state index in [4.69, 9.17) is 0 Å². The summed E-state index contributed by atoms with van der Waals surface area (Å²) in [6.45, 7) is 1.73. The van der Waals surface area contributed by atoms with Gasteiger partial charge in [-0.1, -0.05) is 31.2 Å². The molecule has 6 heteroatoms. The molecule has 0 aliphatic carbocycles. The van der Waals surface area contributed by atoms with Gasteiger partial charge in [0.05, 0.1) is 6.16 Å². The van der Waals surface area contributed by atoms with Crippen LogP contribution in [-0.4, -0.2) is 26.2 Å². The molecular weight excluding hydrogens is 291 g/mol. The predicted molar refractivity (Wildman–Crippen MR) is 79.6 cm³/mol. The van der Waals surface area contributed by atoms with Crippen molar-refractivity contribution >= 4 is 7.60 Å². The number of hydrogen-bond donors (Lipinski definition) is 4. The van der Waals surface area contributed by atoms with Crippen LogP contribution in [-0.2, 0) is 9.98 Å². The van der Waals surface area contributed by atoms with Crippen molar-refractivity contribution in [2.45, 2.75) is 12.3 Å². The van der Waals surface area contributed by atoms with Gasteiger partial charge in [-0.25, -0.2) is 0 Å². The fourth-order valence-corrected chi connectivity index (χ4v) is 3.61. The molecule has 0 aromatic heterocycles. The van der Waals surface area contributed by atoms with E-state index in [0.717, 1.165) is 0 Å².